The van der Waals surface area contributed by atoms with Crippen LogP contribution in [-0.2, 0) is 23.1 Å². The largest absolute Gasteiger partial charge is 0.319 e. The van der Waals surface area contributed by atoms with Crippen LogP contribution in [0.3, 0.4) is 0 Å². The Morgan fingerprint density at radius 2 is 1.70 bits per heavy atom. The lowest BCUT2D eigenvalue weighted by atomic mass is 9.94. The molecule has 0 radical (unpaired) electrons. The number of hydrogen-bond donors (Lipinski definition) is 0. The van der Waals surface area contributed by atoms with Crippen molar-refractivity contribution in [1.29, 1.82) is 0 Å². The number of likely N-dealkylation sites (N-methyl/N-ethyl adjacent to an activating group) is 1. The highest BCUT2D eigenvalue weighted by Crippen LogP contribution is 2.51. The van der Waals surface area contributed by atoms with E-state index in [0.717, 1.165) is 83.1 Å². The SMILES string of the molecule is CCC(C)(CC)N1c2cccc3cc4c(c(c23)S1(=O)=O)C[N+]1(CC[N+](C)(C)CC1)C4. The quantitative estimate of drug-likeness (QED) is 0.695. The number of fused-ring (bicyclic) bond motifs is 2. The van der Waals surface area contributed by atoms with Crippen molar-refractivity contribution in [1.82, 2.24) is 0 Å². The molecule has 2 aromatic carbocycles. The van der Waals surface area contributed by atoms with Crippen molar-refractivity contribution in [3.63, 3.8) is 0 Å². The molecular weight excluding hydrogens is 394 g/mol. The van der Waals surface area contributed by atoms with Crippen LogP contribution in [0.4, 0.5) is 5.69 Å². The average molecular weight is 430 g/mol. The molecule has 3 aliphatic heterocycles. The van der Waals surface area contributed by atoms with Gasteiger partial charge in [0.1, 0.15) is 44.2 Å². The smallest absolute Gasteiger partial charge is 0.266 e. The summed E-state index contributed by atoms with van der Waals surface area (Å²) in [6.45, 7) is 12.7. The fraction of sp³-hybridized carbons (Fsp3) is 0.583. The fourth-order valence-electron chi connectivity index (χ4n) is 5.86. The second-order valence-corrected chi connectivity index (χ2v) is 12.4. The minimum atomic E-state index is -3.56. The maximum absolute atomic E-state index is 14.1. The first-order valence-corrected chi connectivity index (χ1v) is 12.8. The molecule has 5 rings (SSSR count). The predicted molar refractivity (Wildman–Crippen MR) is 122 cm³/mol. The third kappa shape index (κ3) is 2.63. The van der Waals surface area contributed by atoms with Gasteiger partial charge in [-0.3, -0.25) is 4.31 Å². The van der Waals surface area contributed by atoms with Gasteiger partial charge in [0.25, 0.3) is 10.0 Å². The lowest BCUT2D eigenvalue weighted by Crippen LogP contribution is -2.61. The predicted octanol–water partition coefficient (Wildman–Crippen LogP) is 3.85. The number of piperazine rings is 1. The number of hydrogen-bond acceptors (Lipinski definition) is 2. The molecule has 162 valence electrons. The number of quaternary nitrogens is 2. The van der Waals surface area contributed by atoms with E-state index in [-0.39, 0.29) is 0 Å². The summed E-state index contributed by atoms with van der Waals surface area (Å²) in [5.41, 5.74) is 2.82. The van der Waals surface area contributed by atoms with Crippen LogP contribution >= 0.6 is 0 Å². The summed E-state index contributed by atoms with van der Waals surface area (Å²) in [7, 11) is 1.04. The van der Waals surface area contributed by atoms with Gasteiger partial charge in [-0.1, -0.05) is 26.0 Å². The summed E-state index contributed by atoms with van der Waals surface area (Å²) in [6.07, 6.45) is 1.59. The molecule has 0 N–H and O–H groups in total. The van der Waals surface area contributed by atoms with Crippen molar-refractivity contribution in [2.45, 2.75) is 57.1 Å². The van der Waals surface area contributed by atoms with Gasteiger partial charge in [0.05, 0.1) is 25.3 Å². The van der Waals surface area contributed by atoms with Gasteiger partial charge >= 0.3 is 0 Å². The monoisotopic (exact) mass is 429 g/mol. The molecule has 1 saturated heterocycles. The number of anilines is 1. The Balaban J connectivity index is 1.69. The van der Waals surface area contributed by atoms with E-state index in [1.54, 1.807) is 4.31 Å². The standard InChI is InChI=1S/C24H35N3O2S/c1-6-24(3,7-2)25-21-10-8-9-18-15-19-16-27(13-11-26(4,5)12-14-27)17-20(19)23(22(18)21)30(25,28)29/h8-10,15H,6-7,11-14,16-17H2,1-5H3/q+2. The van der Waals surface area contributed by atoms with E-state index < -0.39 is 15.6 Å². The molecule has 0 aromatic heterocycles. The molecule has 1 fully saturated rings. The lowest BCUT2D eigenvalue weighted by Gasteiger charge is -2.44. The van der Waals surface area contributed by atoms with Crippen LogP contribution in [0.2, 0.25) is 0 Å². The van der Waals surface area contributed by atoms with Gasteiger partial charge in [0.2, 0.25) is 0 Å². The zero-order valence-corrected chi connectivity index (χ0v) is 19.8. The minimum Gasteiger partial charge on any atom is -0.319 e. The second kappa shape index (κ2) is 6.21. The minimum absolute atomic E-state index is 0.406. The van der Waals surface area contributed by atoms with E-state index in [2.05, 4.69) is 47.0 Å². The van der Waals surface area contributed by atoms with Crippen molar-refractivity contribution < 1.29 is 17.4 Å². The first-order valence-electron chi connectivity index (χ1n) is 11.4. The summed E-state index contributed by atoms with van der Waals surface area (Å²) in [4.78, 5) is 0.619. The molecule has 0 amide bonds. The van der Waals surface area contributed by atoms with Gasteiger partial charge in [-0.15, -0.1) is 0 Å². The summed E-state index contributed by atoms with van der Waals surface area (Å²) in [6, 6.07) is 8.41. The second-order valence-electron chi connectivity index (χ2n) is 10.7. The molecule has 0 atom stereocenters. The van der Waals surface area contributed by atoms with E-state index in [1.807, 2.05) is 12.1 Å². The number of nitrogens with zero attached hydrogens (tertiary/aromatic N) is 3. The molecule has 3 heterocycles. The van der Waals surface area contributed by atoms with Gasteiger partial charge in [-0.25, -0.2) is 8.42 Å². The van der Waals surface area contributed by atoms with Crippen molar-refractivity contribution in [2.24, 2.45) is 0 Å². The Labute approximate surface area is 181 Å². The topological polar surface area (TPSA) is 37.4 Å². The van der Waals surface area contributed by atoms with Crippen molar-refractivity contribution in [3.8, 4) is 0 Å². The fourth-order valence-corrected chi connectivity index (χ4v) is 8.28. The Morgan fingerprint density at radius 1 is 1.03 bits per heavy atom. The molecule has 1 spiro atoms. The Bertz CT molecular complexity index is 1140. The number of rotatable bonds is 3. The number of sulfonamides is 1. The highest BCUT2D eigenvalue weighted by atomic mass is 32.2. The molecule has 0 saturated carbocycles. The molecule has 3 aliphatic rings. The van der Waals surface area contributed by atoms with Crippen LogP contribution in [0, 0.1) is 0 Å². The lowest BCUT2D eigenvalue weighted by molar-refractivity contribution is -1.03. The molecule has 2 aromatic rings. The summed E-state index contributed by atoms with van der Waals surface area (Å²) in [5.74, 6) is 0. The van der Waals surface area contributed by atoms with E-state index in [9.17, 15) is 8.42 Å². The maximum Gasteiger partial charge on any atom is 0.266 e. The molecule has 5 nitrogen and oxygen atoms in total. The van der Waals surface area contributed by atoms with Crippen molar-refractivity contribution >= 4 is 26.5 Å². The normalized spacial score (nSPS) is 23.3. The summed E-state index contributed by atoms with van der Waals surface area (Å²) in [5, 5.41) is 2.03. The van der Waals surface area contributed by atoms with E-state index >= 15 is 0 Å². The number of benzene rings is 2. The third-order valence-electron chi connectivity index (χ3n) is 8.38. The average Bonchev–Trinajstić information content (AvgIpc) is 3.17. The summed E-state index contributed by atoms with van der Waals surface area (Å²) >= 11 is 0. The van der Waals surface area contributed by atoms with Crippen LogP contribution in [0.1, 0.15) is 44.7 Å². The zero-order valence-electron chi connectivity index (χ0n) is 19.0. The zero-order chi connectivity index (χ0) is 21.5. The van der Waals surface area contributed by atoms with E-state index in [1.165, 1.54) is 5.56 Å². The maximum atomic E-state index is 14.1. The molecule has 0 bridgehead atoms. The molecule has 30 heavy (non-hydrogen) atoms. The van der Waals surface area contributed by atoms with E-state index in [0.29, 0.717) is 4.90 Å². The highest BCUT2D eigenvalue weighted by molar-refractivity contribution is 7.93. The molecular formula is C24H35N3O2S+2. The Kier molecular flexibility index (Phi) is 4.20. The van der Waals surface area contributed by atoms with Crippen molar-refractivity contribution in [3.05, 3.63) is 35.4 Å². The van der Waals surface area contributed by atoms with Gasteiger partial charge in [0, 0.05) is 16.5 Å². The third-order valence-corrected chi connectivity index (χ3v) is 10.5. The van der Waals surface area contributed by atoms with Crippen LogP contribution < -0.4 is 4.31 Å². The first kappa shape index (κ1) is 20.3. The van der Waals surface area contributed by atoms with Crippen LogP contribution in [0.15, 0.2) is 29.2 Å². The van der Waals surface area contributed by atoms with Crippen LogP contribution in [0.25, 0.3) is 10.8 Å². The Morgan fingerprint density at radius 3 is 2.33 bits per heavy atom. The van der Waals surface area contributed by atoms with Gasteiger partial charge in [-0.05, 0) is 37.3 Å². The molecule has 0 unspecified atom stereocenters. The van der Waals surface area contributed by atoms with Gasteiger partial charge in [0.15, 0.2) is 0 Å². The van der Waals surface area contributed by atoms with Gasteiger partial charge in [-0.2, -0.15) is 0 Å². The highest BCUT2D eigenvalue weighted by Gasteiger charge is 2.50. The van der Waals surface area contributed by atoms with E-state index in [4.69, 9.17) is 0 Å². The Hall–Kier alpha value is -1.63. The molecule has 6 heteroatoms. The van der Waals surface area contributed by atoms with Crippen LogP contribution in [-0.4, -0.2) is 63.2 Å². The molecule has 0 aliphatic carbocycles. The van der Waals surface area contributed by atoms with Crippen LogP contribution in [0.5, 0.6) is 0 Å². The van der Waals surface area contributed by atoms with Crippen molar-refractivity contribution in [2.75, 3.05) is 44.6 Å². The van der Waals surface area contributed by atoms with Gasteiger partial charge < -0.3 is 8.97 Å². The first-order chi connectivity index (χ1) is 14.1. The summed E-state index contributed by atoms with van der Waals surface area (Å²) < 4.78 is 32.0.